The van der Waals surface area contributed by atoms with E-state index < -0.39 is 11.9 Å². The third kappa shape index (κ3) is 33.0. The quantitative estimate of drug-likeness (QED) is 0.224. The van der Waals surface area contributed by atoms with E-state index in [1.807, 2.05) is 0 Å². The Morgan fingerprint density at radius 1 is 0.444 bits per heavy atom. The number of carboxylic acids is 2. The van der Waals surface area contributed by atoms with Crippen molar-refractivity contribution in [2.24, 2.45) is 0 Å². The Labute approximate surface area is 168 Å². The predicted octanol–water partition coefficient (Wildman–Crippen LogP) is 7.59. The lowest BCUT2D eigenvalue weighted by molar-refractivity contribution is -0.138. The van der Waals surface area contributed by atoms with Crippen molar-refractivity contribution < 1.29 is 19.8 Å². The fraction of sp³-hybridized carbons (Fsp3) is 0.913. The summed E-state index contributed by atoms with van der Waals surface area (Å²) in [6, 6.07) is 0. The summed E-state index contributed by atoms with van der Waals surface area (Å²) in [5.41, 5.74) is 0. The lowest BCUT2D eigenvalue weighted by atomic mass is 10.1. The molecule has 162 valence electrons. The zero-order valence-electron chi connectivity index (χ0n) is 18.1. The first-order chi connectivity index (χ1) is 13.0. The molecule has 0 saturated carbocycles. The molecule has 0 aromatic heterocycles. The summed E-state index contributed by atoms with van der Waals surface area (Å²) in [4.78, 5) is 20.4. The first kappa shape index (κ1) is 28.2. The number of carboxylic acid groups (broad SMARTS) is 2. The van der Waals surface area contributed by atoms with E-state index in [1.165, 1.54) is 83.5 Å². The van der Waals surface area contributed by atoms with Crippen molar-refractivity contribution in [3.63, 3.8) is 0 Å². The van der Waals surface area contributed by atoms with Crippen molar-refractivity contribution in [1.82, 2.24) is 0 Å². The second kappa shape index (κ2) is 24.9. The summed E-state index contributed by atoms with van der Waals surface area (Å²) < 4.78 is 0. The van der Waals surface area contributed by atoms with E-state index in [0.29, 0.717) is 12.8 Å². The van der Waals surface area contributed by atoms with Gasteiger partial charge in [0.25, 0.3) is 0 Å². The number of carbonyl (C=O) groups is 2. The largest absolute Gasteiger partial charge is 0.481 e. The van der Waals surface area contributed by atoms with Gasteiger partial charge >= 0.3 is 11.9 Å². The van der Waals surface area contributed by atoms with Gasteiger partial charge in [-0.3, -0.25) is 9.59 Å². The fourth-order valence-corrected chi connectivity index (χ4v) is 3.00. The average molecular weight is 387 g/mol. The molecule has 0 rings (SSSR count). The lowest BCUT2D eigenvalue weighted by Crippen LogP contribution is -1.93. The van der Waals surface area contributed by atoms with E-state index >= 15 is 0 Å². The first-order valence-corrected chi connectivity index (χ1v) is 11.5. The zero-order valence-corrected chi connectivity index (χ0v) is 18.1. The Morgan fingerprint density at radius 3 is 0.889 bits per heavy atom. The van der Waals surface area contributed by atoms with E-state index in [0.717, 1.165) is 25.7 Å². The molecule has 2 N–H and O–H groups in total. The Bertz CT molecular complexity index is 316. The van der Waals surface area contributed by atoms with Gasteiger partial charge in [-0.05, 0) is 12.8 Å². The minimum absolute atomic E-state index is 0.342. The summed E-state index contributed by atoms with van der Waals surface area (Å²) in [7, 11) is 0. The van der Waals surface area contributed by atoms with E-state index in [-0.39, 0.29) is 0 Å². The summed E-state index contributed by atoms with van der Waals surface area (Å²) in [5, 5.41) is 16.8. The second-order valence-electron chi connectivity index (χ2n) is 7.59. The number of aliphatic carboxylic acids is 2. The molecule has 4 heteroatoms. The molecule has 0 aliphatic heterocycles. The van der Waals surface area contributed by atoms with Crippen LogP contribution in [0.2, 0.25) is 0 Å². The van der Waals surface area contributed by atoms with Gasteiger partial charge in [-0.1, -0.05) is 110 Å². The topological polar surface area (TPSA) is 74.6 Å². The molecule has 4 nitrogen and oxygen atoms in total. The van der Waals surface area contributed by atoms with Crippen LogP contribution in [0.4, 0.5) is 0 Å². The van der Waals surface area contributed by atoms with Crippen LogP contribution in [0.1, 0.15) is 136 Å². The molecule has 0 bridgehead atoms. The molecular formula is C23H46O4. The highest BCUT2D eigenvalue weighted by Gasteiger charge is 1.97. The lowest BCUT2D eigenvalue weighted by Gasteiger charge is -2.00. The van der Waals surface area contributed by atoms with Gasteiger partial charge in [0.15, 0.2) is 0 Å². The molecule has 27 heavy (non-hydrogen) atoms. The van der Waals surface area contributed by atoms with Crippen molar-refractivity contribution >= 4 is 11.9 Å². The van der Waals surface area contributed by atoms with Gasteiger partial charge in [-0.25, -0.2) is 0 Å². The number of hydrogen-bond donors (Lipinski definition) is 2. The van der Waals surface area contributed by atoms with Crippen LogP contribution in [0, 0.1) is 0 Å². The summed E-state index contributed by atoms with van der Waals surface area (Å²) in [6.07, 6.45) is 21.5. The fourth-order valence-electron chi connectivity index (χ4n) is 3.00. The van der Waals surface area contributed by atoms with Crippen LogP contribution in [-0.2, 0) is 9.59 Å². The molecule has 0 radical (unpaired) electrons. The van der Waals surface area contributed by atoms with Crippen LogP contribution < -0.4 is 0 Å². The monoisotopic (exact) mass is 386 g/mol. The summed E-state index contributed by atoms with van der Waals surface area (Å²) in [5.74, 6) is -1.32. The van der Waals surface area contributed by atoms with Gasteiger partial charge in [0.2, 0.25) is 0 Å². The second-order valence-corrected chi connectivity index (χ2v) is 7.59. The maximum atomic E-state index is 10.2. The number of unbranched alkanes of at least 4 members (excludes halogenated alkanes) is 15. The van der Waals surface area contributed by atoms with Crippen LogP contribution in [0.15, 0.2) is 0 Å². The van der Waals surface area contributed by atoms with Crippen LogP contribution in [0.5, 0.6) is 0 Å². The van der Waals surface area contributed by atoms with Gasteiger partial charge in [-0.2, -0.15) is 0 Å². The maximum absolute atomic E-state index is 10.2. The predicted molar refractivity (Wildman–Crippen MR) is 114 cm³/mol. The van der Waals surface area contributed by atoms with E-state index in [4.69, 9.17) is 10.2 Å². The minimum atomic E-state index is -0.661. The van der Waals surface area contributed by atoms with Crippen LogP contribution in [-0.4, -0.2) is 22.2 Å². The van der Waals surface area contributed by atoms with Crippen molar-refractivity contribution in [3.05, 3.63) is 0 Å². The average Bonchev–Trinajstić information content (AvgIpc) is 2.62. The molecule has 0 aliphatic carbocycles. The standard InChI is InChI=1S/C12H24O2.C11H22O2/c1-2-3-4-5-6-7-8-9-10-11-12(13)14;1-2-3-4-5-6-7-8-9-10-11(12)13/h2-11H2,1H3,(H,13,14);2-10H2,1H3,(H,12,13). The Hall–Kier alpha value is -1.06. The molecule has 0 aliphatic rings. The highest BCUT2D eigenvalue weighted by atomic mass is 16.4. The smallest absolute Gasteiger partial charge is 0.303 e. The normalized spacial score (nSPS) is 10.3. The highest BCUT2D eigenvalue weighted by molar-refractivity contribution is 5.66. The molecule has 0 fully saturated rings. The van der Waals surface area contributed by atoms with E-state index in [1.54, 1.807) is 0 Å². The van der Waals surface area contributed by atoms with E-state index in [2.05, 4.69) is 13.8 Å². The number of hydrogen-bond acceptors (Lipinski definition) is 2. The zero-order chi connectivity index (χ0) is 20.6. The molecule has 0 aromatic carbocycles. The van der Waals surface area contributed by atoms with Gasteiger partial charge < -0.3 is 10.2 Å². The molecule has 0 amide bonds. The van der Waals surface area contributed by atoms with Crippen LogP contribution in [0.25, 0.3) is 0 Å². The summed E-state index contributed by atoms with van der Waals surface area (Å²) in [6.45, 7) is 4.44. The molecule has 0 aromatic rings. The van der Waals surface area contributed by atoms with Crippen molar-refractivity contribution in [2.75, 3.05) is 0 Å². The van der Waals surface area contributed by atoms with E-state index in [9.17, 15) is 9.59 Å². The maximum Gasteiger partial charge on any atom is 0.303 e. The molecule has 0 heterocycles. The van der Waals surface area contributed by atoms with Gasteiger partial charge in [0.05, 0.1) is 0 Å². The van der Waals surface area contributed by atoms with Crippen LogP contribution >= 0.6 is 0 Å². The Balaban J connectivity index is 0. The SMILES string of the molecule is CCCCCCCCCCC(=O)O.CCCCCCCCCCCC(=O)O. The van der Waals surface area contributed by atoms with Crippen LogP contribution in [0.3, 0.4) is 0 Å². The van der Waals surface area contributed by atoms with Crippen molar-refractivity contribution in [3.8, 4) is 0 Å². The Morgan fingerprint density at radius 2 is 0.667 bits per heavy atom. The van der Waals surface area contributed by atoms with Gasteiger partial charge in [-0.15, -0.1) is 0 Å². The van der Waals surface area contributed by atoms with Gasteiger partial charge in [0, 0.05) is 12.8 Å². The third-order valence-electron chi connectivity index (χ3n) is 4.74. The van der Waals surface area contributed by atoms with Gasteiger partial charge in [0.1, 0.15) is 0 Å². The molecule has 0 saturated heterocycles. The third-order valence-corrected chi connectivity index (χ3v) is 4.74. The van der Waals surface area contributed by atoms with Crippen molar-refractivity contribution in [1.29, 1.82) is 0 Å². The van der Waals surface area contributed by atoms with Crippen molar-refractivity contribution in [2.45, 2.75) is 136 Å². The first-order valence-electron chi connectivity index (χ1n) is 11.5. The summed E-state index contributed by atoms with van der Waals surface area (Å²) >= 11 is 0. The molecule has 0 unspecified atom stereocenters. The Kier molecular flexibility index (Phi) is 26.0. The molecule has 0 atom stereocenters. The minimum Gasteiger partial charge on any atom is -0.481 e. The highest BCUT2D eigenvalue weighted by Crippen LogP contribution is 2.10. The number of rotatable bonds is 19. The molecule has 0 spiro atoms. The molecular weight excluding hydrogens is 340 g/mol.